The zero-order valence-corrected chi connectivity index (χ0v) is 18.2. The highest BCUT2D eigenvalue weighted by Crippen LogP contribution is 2.17. The van der Waals surface area contributed by atoms with Crippen LogP contribution in [0.2, 0.25) is 0 Å². The predicted octanol–water partition coefficient (Wildman–Crippen LogP) is 3.93. The Morgan fingerprint density at radius 1 is 1.13 bits per heavy atom. The summed E-state index contributed by atoms with van der Waals surface area (Å²) in [6, 6.07) is 18.1. The average molecular weight is 411 g/mol. The van der Waals surface area contributed by atoms with E-state index in [-0.39, 0.29) is 18.1 Å². The number of hydrogen-bond acceptors (Lipinski definition) is 4. The first-order valence-corrected chi connectivity index (χ1v) is 11.1. The van der Waals surface area contributed by atoms with Gasteiger partial charge in [0.1, 0.15) is 12.4 Å². The summed E-state index contributed by atoms with van der Waals surface area (Å²) < 4.78 is 11.4. The molecule has 1 amide bonds. The molecule has 0 radical (unpaired) electrons. The fraction of sp³-hybridized carbons (Fsp3) is 0.480. The van der Waals surface area contributed by atoms with E-state index < -0.39 is 0 Å². The lowest BCUT2D eigenvalue weighted by Gasteiger charge is -2.30. The van der Waals surface area contributed by atoms with Crippen molar-refractivity contribution in [3.8, 4) is 5.75 Å². The van der Waals surface area contributed by atoms with Crippen molar-refractivity contribution in [2.75, 3.05) is 32.8 Å². The van der Waals surface area contributed by atoms with Crippen LogP contribution in [0.25, 0.3) is 0 Å². The molecule has 30 heavy (non-hydrogen) atoms. The molecule has 1 aliphatic rings. The predicted molar refractivity (Wildman–Crippen MR) is 120 cm³/mol. The summed E-state index contributed by atoms with van der Waals surface area (Å²) in [5.74, 6) is 0.720. The van der Waals surface area contributed by atoms with Gasteiger partial charge in [0.2, 0.25) is 0 Å². The lowest BCUT2D eigenvalue weighted by Crippen LogP contribution is -2.45. The molecule has 1 aliphatic heterocycles. The minimum Gasteiger partial charge on any atom is -0.491 e. The van der Waals surface area contributed by atoms with Crippen molar-refractivity contribution in [2.45, 2.75) is 45.3 Å². The average Bonchev–Trinajstić information content (AvgIpc) is 3.31. The van der Waals surface area contributed by atoms with Gasteiger partial charge in [0.15, 0.2) is 0 Å². The van der Waals surface area contributed by atoms with Crippen LogP contribution in [0, 0.1) is 0 Å². The molecule has 162 valence electrons. The number of carbonyl (C=O) groups excluding carboxylic acids is 1. The molecule has 0 unspecified atom stereocenters. The van der Waals surface area contributed by atoms with Crippen molar-refractivity contribution in [3.05, 3.63) is 65.7 Å². The van der Waals surface area contributed by atoms with Crippen LogP contribution in [0.4, 0.5) is 0 Å². The largest absolute Gasteiger partial charge is 0.491 e. The second kappa shape index (κ2) is 11.7. The van der Waals surface area contributed by atoms with Crippen molar-refractivity contribution < 1.29 is 14.3 Å². The van der Waals surface area contributed by atoms with Crippen LogP contribution in [0.5, 0.6) is 5.75 Å². The maximum absolute atomic E-state index is 12.7. The quantitative estimate of drug-likeness (QED) is 0.610. The smallest absolute Gasteiger partial charge is 0.251 e. The van der Waals surface area contributed by atoms with Gasteiger partial charge in [-0.05, 0) is 62.2 Å². The van der Waals surface area contributed by atoms with E-state index in [0.29, 0.717) is 18.7 Å². The van der Waals surface area contributed by atoms with Gasteiger partial charge in [0.25, 0.3) is 5.91 Å². The Hall–Kier alpha value is -2.37. The van der Waals surface area contributed by atoms with Gasteiger partial charge in [0, 0.05) is 24.8 Å². The molecular weight excluding hydrogens is 376 g/mol. The molecule has 1 heterocycles. The first kappa shape index (κ1) is 22.3. The molecule has 3 rings (SSSR count). The Morgan fingerprint density at radius 2 is 1.87 bits per heavy atom. The monoisotopic (exact) mass is 410 g/mol. The molecule has 1 fully saturated rings. The van der Waals surface area contributed by atoms with Gasteiger partial charge in [-0.2, -0.15) is 0 Å². The number of ether oxygens (including phenoxy) is 2. The van der Waals surface area contributed by atoms with Gasteiger partial charge < -0.3 is 14.8 Å². The summed E-state index contributed by atoms with van der Waals surface area (Å²) in [6.45, 7) is 8.26. The molecule has 0 bridgehead atoms. The Kier molecular flexibility index (Phi) is 8.72. The highest BCUT2D eigenvalue weighted by molar-refractivity contribution is 5.94. The van der Waals surface area contributed by atoms with E-state index in [9.17, 15) is 4.79 Å². The summed E-state index contributed by atoms with van der Waals surface area (Å²) in [7, 11) is 0. The van der Waals surface area contributed by atoms with E-state index in [1.54, 1.807) is 0 Å². The molecule has 5 nitrogen and oxygen atoms in total. The summed E-state index contributed by atoms with van der Waals surface area (Å²) in [4.78, 5) is 15.1. The highest BCUT2D eigenvalue weighted by atomic mass is 16.5. The van der Waals surface area contributed by atoms with Gasteiger partial charge in [-0.3, -0.25) is 9.69 Å². The maximum Gasteiger partial charge on any atom is 0.251 e. The zero-order chi connectivity index (χ0) is 21.2. The van der Waals surface area contributed by atoms with Crippen LogP contribution in [0.3, 0.4) is 0 Å². The van der Waals surface area contributed by atoms with Gasteiger partial charge in [-0.1, -0.05) is 44.2 Å². The standard InChI is InChI=1S/C25H34N2O3/c1-3-27(4-2)22(17-20-9-6-5-7-10-20)18-26-25(28)21-12-14-23(15-13-21)30-19-24-11-8-16-29-24/h5-7,9-10,12-15,22,24H,3-4,8,11,16-19H2,1-2H3,(H,26,28)/t22-,24-/m0/s1. The molecule has 5 heteroatoms. The summed E-state index contributed by atoms with van der Waals surface area (Å²) >= 11 is 0. The van der Waals surface area contributed by atoms with Crippen molar-refractivity contribution in [1.29, 1.82) is 0 Å². The third kappa shape index (κ3) is 6.57. The van der Waals surface area contributed by atoms with Crippen molar-refractivity contribution in [2.24, 2.45) is 0 Å². The second-order valence-electron chi connectivity index (χ2n) is 7.75. The highest BCUT2D eigenvalue weighted by Gasteiger charge is 2.18. The van der Waals surface area contributed by atoms with Crippen LogP contribution >= 0.6 is 0 Å². The molecular formula is C25H34N2O3. The van der Waals surface area contributed by atoms with Gasteiger partial charge in [-0.15, -0.1) is 0 Å². The minimum atomic E-state index is -0.0501. The minimum absolute atomic E-state index is 0.0501. The van der Waals surface area contributed by atoms with E-state index >= 15 is 0 Å². The van der Waals surface area contributed by atoms with Crippen molar-refractivity contribution in [3.63, 3.8) is 0 Å². The van der Waals surface area contributed by atoms with E-state index in [0.717, 1.165) is 44.7 Å². The molecule has 2 atom stereocenters. The third-order valence-electron chi connectivity index (χ3n) is 5.72. The molecule has 2 aromatic rings. The normalized spacial score (nSPS) is 17.1. The second-order valence-corrected chi connectivity index (χ2v) is 7.75. The number of hydrogen-bond donors (Lipinski definition) is 1. The number of benzene rings is 2. The van der Waals surface area contributed by atoms with E-state index in [4.69, 9.17) is 9.47 Å². The third-order valence-corrected chi connectivity index (χ3v) is 5.72. The number of rotatable bonds is 11. The van der Waals surface area contributed by atoms with E-state index in [1.807, 2.05) is 30.3 Å². The topological polar surface area (TPSA) is 50.8 Å². The lowest BCUT2D eigenvalue weighted by molar-refractivity contribution is 0.0679. The summed E-state index contributed by atoms with van der Waals surface area (Å²) in [5, 5.41) is 3.12. The van der Waals surface area contributed by atoms with E-state index in [1.165, 1.54) is 5.56 Å². The number of likely N-dealkylation sites (N-methyl/N-ethyl adjacent to an activating group) is 1. The molecule has 0 saturated carbocycles. The molecule has 1 saturated heterocycles. The van der Waals surface area contributed by atoms with Crippen LogP contribution in [0.15, 0.2) is 54.6 Å². The number of nitrogens with zero attached hydrogens (tertiary/aromatic N) is 1. The summed E-state index contributed by atoms with van der Waals surface area (Å²) in [5.41, 5.74) is 1.94. The summed E-state index contributed by atoms with van der Waals surface area (Å²) in [6.07, 6.45) is 3.26. The van der Waals surface area contributed by atoms with Crippen LogP contribution in [-0.4, -0.2) is 55.8 Å². The Bertz CT molecular complexity index is 754. The maximum atomic E-state index is 12.7. The zero-order valence-electron chi connectivity index (χ0n) is 18.2. The molecule has 1 N–H and O–H groups in total. The van der Waals surface area contributed by atoms with Gasteiger partial charge in [-0.25, -0.2) is 0 Å². The molecule has 0 aliphatic carbocycles. The van der Waals surface area contributed by atoms with Crippen molar-refractivity contribution >= 4 is 5.91 Å². The number of nitrogens with one attached hydrogen (secondary N) is 1. The van der Waals surface area contributed by atoms with Gasteiger partial charge in [0.05, 0.1) is 6.10 Å². The Morgan fingerprint density at radius 3 is 2.50 bits per heavy atom. The molecule has 2 aromatic carbocycles. The molecule has 0 spiro atoms. The fourth-order valence-corrected chi connectivity index (χ4v) is 3.94. The van der Waals surface area contributed by atoms with Crippen LogP contribution < -0.4 is 10.1 Å². The van der Waals surface area contributed by atoms with Crippen LogP contribution in [-0.2, 0) is 11.2 Å². The fourth-order valence-electron chi connectivity index (χ4n) is 3.94. The Labute approximate surface area is 180 Å². The lowest BCUT2D eigenvalue weighted by atomic mass is 10.0. The van der Waals surface area contributed by atoms with Crippen molar-refractivity contribution in [1.82, 2.24) is 10.2 Å². The molecule has 0 aromatic heterocycles. The number of carbonyl (C=O) groups is 1. The first-order valence-electron chi connectivity index (χ1n) is 11.1. The van der Waals surface area contributed by atoms with E-state index in [2.05, 4.69) is 48.3 Å². The first-order chi connectivity index (χ1) is 14.7. The van der Waals surface area contributed by atoms with Crippen LogP contribution in [0.1, 0.15) is 42.6 Å². The SMILES string of the molecule is CCN(CC)[C@H](CNC(=O)c1ccc(OC[C@@H]2CCCO2)cc1)Cc1ccccc1. The van der Waals surface area contributed by atoms with Gasteiger partial charge >= 0.3 is 0 Å². The number of amides is 1. The Balaban J connectivity index is 1.53.